The van der Waals surface area contributed by atoms with Gasteiger partial charge in [0.15, 0.2) is 5.82 Å². The number of nitrogens with zero attached hydrogens (tertiary/aromatic N) is 4. The van der Waals surface area contributed by atoms with Crippen LogP contribution in [0.5, 0.6) is 5.88 Å². The molecule has 1 aliphatic heterocycles. The average Bonchev–Trinajstić information content (AvgIpc) is 3.18. The standard InChI is InChI=1S/C21H22FN5O4/c1-13-16(20(26-31-13)14-3-5-15(22)6-4-14)12-30-19-8-7-18(24-25-19)27-10-9-23-11-17(27)21(28)29-2/h3-8,17,23H,9-12H2,1-2H3. The second kappa shape index (κ2) is 9.09. The van der Waals surface area contributed by atoms with E-state index in [1.807, 2.05) is 4.90 Å². The van der Waals surface area contributed by atoms with Crippen molar-refractivity contribution in [2.75, 3.05) is 31.6 Å². The van der Waals surface area contributed by atoms with Crippen LogP contribution in [-0.4, -0.2) is 54.1 Å². The highest BCUT2D eigenvalue weighted by Gasteiger charge is 2.30. The van der Waals surface area contributed by atoms with Crippen LogP contribution in [0.4, 0.5) is 10.2 Å². The molecule has 0 aliphatic carbocycles. The van der Waals surface area contributed by atoms with Gasteiger partial charge in [0.25, 0.3) is 0 Å². The number of benzene rings is 1. The molecule has 4 rings (SSSR count). The second-order valence-corrected chi connectivity index (χ2v) is 7.03. The fourth-order valence-electron chi connectivity index (χ4n) is 3.41. The number of anilines is 1. The summed E-state index contributed by atoms with van der Waals surface area (Å²) < 4.78 is 29.2. The minimum atomic E-state index is -0.460. The molecular weight excluding hydrogens is 405 g/mol. The molecule has 1 atom stereocenters. The van der Waals surface area contributed by atoms with Crippen LogP contribution in [0.15, 0.2) is 40.9 Å². The van der Waals surface area contributed by atoms with Crippen molar-refractivity contribution in [3.05, 3.63) is 53.5 Å². The largest absolute Gasteiger partial charge is 0.472 e. The third-order valence-corrected chi connectivity index (χ3v) is 5.10. The molecule has 0 spiro atoms. The molecule has 162 valence electrons. The summed E-state index contributed by atoms with van der Waals surface area (Å²) in [4.78, 5) is 13.9. The summed E-state index contributed by atoms with van der Waals surface area (Å²) in [6.07, 6.45) is 0. The van der Waals surface area contributed by atoms with E-state index in [0.717, 1.165) is 17.7 Å². The van der Waals surface area contributed by atoms with E-state index < -0.39 is 6.04 Å². The molecule has 0 saturated carbocycles. The third kappa shape index (κ3) is 4.48. The van der Waals surface area contributed by atoms with Gasteiger partial charge in [0.1, 0.15) is 29.9 Å². The number of aromatic nitrogens is 3. The van der Waals surface area contributed by atoms with Gasteiger partial charge in [-0.2, -0.15) is 0 Å². The molecule has 31 heavy (non-hydrogen) atoms. The predicted molar refractivity (Wildman–Crippen MR) is 109 cm³/mol. The highest BCUT2D eigenvalue weighted by Crippen LogP contribution is 2.27. The number of piperazine rings is 1. The highest BCUT2D eigenvalue weighted by molar-refractivity contribution is 5.80. The van der Waals surface area contributed by atoms with E-state index in [0.29, 0.717) is 36.2 Å². The molecule has 1 N–H and O–H groups in total. The molecule has 2 aromatic heterocycles. The number of carbonyl (C=O) groups is 1. The number of hydrogen-bond acceptors (Lipinski definition) is 9. The molecule has 0 bridgehead atoms. The first-order chi connectivity index (χ1) is 15.1. The van der Waals surface area contributed by atoms with Gasteiger partial charge in [-0.25, -0.2) is 9.18 Å². The van der Waals surface area contributed by atoms with Crippen molar-refractivity contribution < 1.29 is 23.2 Å². The second-order valence-electron chi connectivity index (χ2n) is 7.03. The molecular formula is C21H22FN5O4. The van der Waals surface area contributed by atoms with Gasteiger partial charge in [0.05, 0.1) is 12.7 Å². The zero-order chi connectivity index (χ0) is 21.8. The Kier molecular flexibility index (Phi) is 6.08. The molecule has 1 aliphatic rings. The summed E-state index contributed by atoms with van der Waals surface area (Å²) in [5.74, 6) is 0.837. The Hall–Kier alpha value is -3.53. The Labute approximate surface area is 178 Å². The van der Waals surface area contributed by atoms with Crippen LogP contribution in [0, 0.1) is 12.7 Å². The number of hydrogen-bond donors (Lipinski definition) is 1. The number of esters is 1. The Balaban J connectivity index is 1.46. The van der Waals surface area contributed by atoms with E-state index in [9.17, 15) is 9.18 Å². The minimum absolute atomic E-state index is 0.161. The van der Waals surface area contributed by atoms with E-state index in [4.69, 9.17) is 14.0 Å². The Morgan fingerprint density at radius 1 is 1.26 bits per heavy atom. The van der Waals surface area contributed by atoms with Crippen LogP contribution < -0.4 is 15.0 Å². The lowest BCUT2D eigenvalue weighted by molar-refractivity contribution is -0.142. The van der Waals surface area contributed by atoms with Crippen molar-refractivity contribution in [1.82, 2.24) is 20.7 Å². The minimum Gasteiger partial charge on any atom is -0.472 e. The van der Waals surface area contributed by atoms with E-state index in [2.05, 4.69) is 20.7 Å². The van der Waals surface area contributed by atoms with Gasteiger partial charge in [0, 0.05) is 31.3 Å². The van der Waals surface area contributed by atoms with Crippen molar-refractivity contribution in [3.8, 4) is 17.1 Å². The molecule has 3 heterocycles. The van der Waals surface area contributed by atoms with Crippen molar-refractivity contribution in [2.45, 2.75) is 19.6 Å². The summed E-state index contributed by atoms with van der Waals surface area (Å²) >= 11 is 0. The molecule has 1 fully saturated rings. The van der Waals surface area contributed by atoms with Crippen LogP contribution in [0.2, 0.25) is 0 Å². The number of carbonyl (C=O) groups excluding carboxylic acids is 1. The number of ether oxygens (including phenoxy) is 2. The topological polar surface area (TPSA) is 103 Å². The van der Waals surface area contributed by atoms with Gasteiger partial charge >= 0.3 is 5.97 Å². The smallest absolute Gasteiger partial charge is 0.329 e. The van der Waals surface area contributed by atoms with Gasteiger partial charge < -0.3 is 24.2 Å². The highest BCUT2D eigenvalue weighted by atomic mass is 19.1. The Bertz CT molecular complexity index is 1040. The zero-order valence-corrected chi connectivity index (χ0v) is 17.2. The number of halogens is 1. The number of nitrogens with one attached hydrogen (secondary N) is 1. The third-order valence-electron chi connectivity index (χ3n) is 5.10. The van der Waals surface area contributed by atoms with Gasteiger partial charge in [0.2, 0.25) is 5.88 Å². The van der Waals surface area contributed by atoms with E-state index >= 15 is 0 Å². The van der Waals surface area contributed by atoms with Gasteiger partial charge in [-0.15, -0.1) is 10.2 Å². The molecule has 9 nitrogen and oxygen atoms in total. The van der Waals surface area contributed by atoms with E-state index in [1.54, 1.807) is 31.2 Å². The Morgan fingerprint density at radius 3 is 2.77 bits per heavy atom. The monoisotopic (exact) mass is 427 g/mol. The number of aryl methyl sites for hydroxylation is 1. The van der Waals surface area contributed by atoms with Crippen LogP contribution >= 0.6 is 0 Å². The molecule has 0 radical (unpaired) electrons. The van der Waals surface area contributed by atoms with Crippen molar-refractivity contribution in [3.63, 3.8) is 0 Å². The SMILES string of the molecule is COC(=O)C1CNCCN1c1ccc(OCc2c(-c3ccc(F)cc3)noc2C)nn1. The molecule has 1 aromatic carbocycles. The first kappa shape index (κ1) is 20.7. The summed E-state index contributed by atoms with van der Waals surface area (Å²) in [5.41, 5.74) is 2.06. The van der Waals surface area contributed by atoms with E-state index in [1.165, 1.54) is 19.2 Å². The average molecular weight is 427 g/mol. The van der Waals surface area contributed by atoms with Gasteiger partial charge in [-0.3, -0.25) is 0 Å². The lowest BCUT2D eigenvalue weighted by atomic mass is 10.1. The zero-order valence-electron chi connectivity index (χ0n) is 17.2. The maximum Gasteiger partial charge on any atom is 0.329 e. The van der Waals surface area contributed by atoms with Gasteiger partial charge in [-0.05, 0) is 37.3 Å². The predicted octanol–water partition coefficient (Wildman–Crippen LogP) is 2.11. The van der Waals surface area contributed by atoms with Gasteiger partial charge in [-0.1, -0.05) is 5.16 Å². The molecule has 1 unspecified atom stereocenters. The normalized spacial score (nSPS) is 16.2. The molecule has 0 amide bonds. The lowest BCUT2D eigenvalue weighted by Gasteiger charge is -2.34. The Morgan fingerprint density at radius 2 is 2.06 bits per heavy atom. The van der Waals surface area contributed by atoms with Crippen molar-refractivity contribution in [1.29, 1.82) is 0 Å². The van der Waals surface area contributed by atoms with Crippen molar-refractivity contribution >= 4 is 11.8 Å². The van der Waals surface area contributed by atoms with Crippen molar-refractivity contribution in [2.24, 2.45) is 0 Å². The molecule has 3 aromatic rings. The molecule has 10 heteroatoms. The molecule has 1 saturated heterocycles. The summed E-state index contributed by atoms with van der Waals surface area (Å²) in [5, 5.41) is 15.6. The van der Waals surface area contributed by atoms with Crippen LogP contribution in [0.25, 0.3) is 11.3 Å². The van der Waals surface area contributed by atoms with E-state index in [-0.39, 0.29) is 18.4 Å². The lowest BCUT2D eigenvalue weighted by Crippen LogP contribution is -2.55. The first-order valence-electron chi connectivity index (χ1n) is 9.79. The fourth-order valence-corrected chi connectivity index (χ4v) is 3.41. The summed E-state index contributed by atoms with van der Waals surface area (Å²) in [7, 11) is 1.37. The van der Waals surface area contributed by atoms with Crippen LogP contribution in [0.1, 0.15) is 11.3 Å². The first-order valence-corrected chi connectivity index (χ1v) is 9.79. The number of rotatable bonds is 6. The fraction of sp³-hybridized carbons (Fsp3) is 0.333. The maximum atomic E-state index is 13.2. The summed E-state index contributed by atoms with van der Waals surface area (Å²) in [6, 6.07) is 8.99. The summed E-state index contributed by atoms with van der Waals surface area (Å²) in [6.45, 7) is 3.76. The van der Waals surface area contributed by atoms with Crippen LogP contribution in [-0.2, 0) is 16.1 Å². The van der Waals surface area contributed by atoms with Crippen LogP contribution in [0.3, 0.4) is 0 Å². The quantitative estimate of drug-likeness (QED) is 0.593. The maximum absolute atomic E-state index is 13.2. The number of methoxy groups -OCH3 is 1.